The van der Waals surface area contributed by atoms with Crippen LogP contribution in [0.1, 0.15) is 106 Å². The van der Waals surface area contributed by atoms with Crippen LogP contribution in [-0.2, 0) is 0 Å². The Labute approximate surface area is 202 Å². The Balaban J connectivity index is 1.58. The third-order valence-electron chi connectivity index (χ3n) is 13.2. The van der Waals surface area contributed by atoms with Crippen LogP contribution in [0.4, 0.5) is 0 Å². The third-order valence-corrected chi connectivity index (χ3v) is 13.2. The van der Waals surface area contributed by atoms with Crippen LogP contribution < -0.4 is 0 Å². The summed E-state index contributed by atoms with van der Waals surface area (Å²) in [5.41, 5.74) is 2.34. The quantitative estimate of drug-likeness (QED) is 0.437. The van der Waals surface area contributed by atoms with Gasteiger partial charge in [0.15, 0.2) is 0 Å². The minimum Gasteiger partial charge on any atom is -0.396 e. The molecule has 0 saturated heterocycles. The van der Waals surface area contributed by atoms with E-state index in [4.69, 9.17) is 0 Å². The van der Waals surface area contributed by atoms with Gasteiger partial charge in [0.2, 0.25) is 0 Å². The lowest BCUT2D eigenvalue weighted by atomic mass is 9.33. The van der Waals surface area contributed by atoms with Crippen molar-refractivity contribution in [1.82, 2.24) is 0 Å². The van der Waals surface area contributed by atoms with E-state index in [0.717, 1.165) is 32.1 Å². The number of fused-ring (bicyclic) bond motifs is 7. The van der Waals surface area contributed by atoms with Crippen LogP contribution in [0.3, 0.4) is 0 Å². The number of allylic oxidation sites excluding steroid dienone is 2. The van der Waals surface area contributed by atoms with Crippen LogP contribution in [-0.4, -0.2) is 34.6 Å². The molecule has 5 aliphatic carbocycles. The maximum absolute atomic E-state index is 10.9. The van der Waals surface area contributed by atoms with E-state index >= 15 is 0 Å². The average molecular weight is 459 g/mol. The Bertz CT molecular complexity index is 832. The second kappa shape index (κ2) is 7.32. The molecule has 0 amide bonds. The van der Waals surface area contributed by atoms with Crippen LogP contribution >= 0.6 is 0 Å². The molecule has 0 spiro atoms. The van der Waals surface area contributed by atoms with Gasteiger partial charge in [0.1, 0.15) is 0 Å². The second-order valence-electron chi connectivity index (χ2n) is 15.0. The Hall–Kier alpha value is -0.380. The third kappa shape index (κ3) is 2.97. The molecule has 5 aliphatic rings. The number of hydrogen-bond acceptors (Lipinski definition) is 3. The summed E-state index contributed by atoms with van der Waals surface area (Å²) in [4.78, 5) is 0. The van der Waals surface area contributed by atoms with E-state index in [9.17, 15) is 15.3 Å². The molecule has 3 nitrogen and oxygen atoms in total. The Morgan fingerprint density at radius 1 is 0.818 bits per heavy atom. The summed E-state index contributed by atoms with van der Waals surface area (Å²) in [6.45, 7) is 15.1. The van der Waals surface area contributed by atoms with Crippen LogP contribution in [0, 0.1) is 50.2 Å². The van der Waals surface area contributed by atoms with E-state index in [0.29, 0.717) is 29.8 Å². The fraction of sp³-hybridized carbons (Fsp3) is 0.933. The van der Waals surface area contributed by atoms with Gasteiger partial charge in [-0.05, 0) is 104 Å². The van der Waals surface area contributed by atoms with Gasteiger partial charge in [-0.1, -0.05) is 53.2 Å². The fourth-order valence-electron chi connectivity index (χ4n) is 10.7. The molecule has 9 atom stereocenters. The molecule has 5 rings (SSSR count). The minimum atomic E-state index is -0.389. The van der Waals surface area contributed by atoms with Crippen molar-refractivity contribution in [2.45, 2.75) is 112 Å². The molecule has 3 N–H and O–H groups in total. The van der Waals surface area contributed by atoms with Gasteiger partial charge in [0.25, 0.3) is 0 Å². The molecule has 33 heavy (non-hydrogen) atoms. The van der Waals surface area contributed by atoms with Gasteiger partial charge in [-0.25, -0.2) is 0 Å². The van der Waals surface area contributed by atoms with E-state index in [-0.39, 0.29) is 39.8 Å². The molecule has 0 aliphatic heterocycles. The number of aliphatic hydroxyl groups excluding tert-OH is 3. The van der Waals surface area contributed by atoms with Crippen molar-refractivity contribution >= 4 is 0 Å². The summed E-state index contributed by atoms with van der Waals surface area (Å²) in [6, 6.07) is 0. The highest BCUT2D eigenvalue weighted by Gasteiger charge is 2.68. The zero-order chi connectivity index (χ0) is 24.1. The first-order valence-electron chi connectivity index (χ1n) is 13.9. The molecule has 0 aromatic rings. The molecule has 0 radical (unpaired) electrons. The standard InChI is InChI=1S/C30H50O3/c1-25(2)13-15-30(19-32)16-14-28(5)20(21(30)17-25)7-8-23-26(3)11-10-24(33)27(4,18-31)22(26)9-12-29(23,28)6/h7,21-24,31-33H,8-19H2,1-6H3/t21-,22+,23+,24+,26-,27-,28+,29+,30+/m0/s1. The first kappa shape index (κ1) is 24.3. The molecular weight excluding hydrogens is 408 g/mol. The van der Waals surface area contributed by atoms with Crippen molar-refractivity contribution in [3.63, 3.8) is 0 Å². The molecule has 0 aromatic heterocycles. The summed E-state index contributed by atoms with van der Waals surface area (Å²) in [5, 5.41) is 32.0. The van der Waals surface area contributed by atoms with Gasteiger partial charge in [-0.2, -0.15) is 0 Å². The molecule has 0 heterocycles. The summed E-state index contributed by atoms with van der Waals surface area (Å²) >= 11 is 0. The number of rotatable bonds is 2. The smallest absolute Gasteiger partial charge is 0.0618 e. The van der Waals surface area contributed by atoms with Gasteiger partial charge in [0.05, 0.1) is 12.7 Å². The van der Waals surface area contributed by atoms with Gasteiger partial charge in [0, 0.05) is 17.4 Å². The maximum Gasteiger partial charge on any atom is 0.0618 e. The van der Waals surface area contributed by atoms with Gasteiger partial charge in [-0.15, -0.1) is 0 Å². The maximum atomic E-state index is 10.9. The largest absolute Gasteiger partial charge is 0.396 e. The van der Waals surface area contributed by atoms with Crippen molar-refractivity contribution in [1.29, 1.82) is 0 Å². The molecule has 0 aromatic carbocycles. The van der Waals surface area contributed by atoms with Gasteiger partial charge >= 0.3 is 0 Å². The molecule has 4 fully saturated rings. The highest BCUT2D eigenvalue weighted by molar-refractivity contribution is 5.33. The van der Waals surface area contributed by atoms with Crippen molar-refractivity contribution < 1.29 is 15.3 Å². The molecule has 0 unspecified atom stereocenters. The van der Waals surface area contributed by atoms with Crippen LogP contribution in [0.5, 0.6) is 0 Å². The molecule has 0 bridgehead atoms. The lowest BCUT2D eigenvalue weighted by Gasteiger charge is -2.71. The van der Waals surface area contributed by atoms with Crippen LogP contribution in [0.2, 0.25) is 0 Å². The van der Waals surface area contributed by atoms with E-state index in [1.54, 1.807) is 5.57 Å². The topological polar surface area (TPSA) is 60.7 Å². The van der Waals surface area contributed by atoms with Crippen molar-refractivity contribution in [3.05, 3.63) is 11.6 Å². The summed E-state index contributed by atoms with van der Waals surface area (Å²) in [5.74, 6) is 1.49. The predicted octanol–water partition coefficient (Wildman–Crippen LogP) is 6.11. The predicted molar refractivity (Wildman–Crippen MR) is 134 cm³/mol. The second-order valence-corrected chi connectivity index (χ2v) is 15.0. The van der Waals surface area contributed by atoms with E-state index in [1.807, 2.05) is 0 Å². The van der Waals surface area contributed by atoms with Crippen molar-refractivity contribution in [3.8, 4) is 0 Å². The highest BCUT2D eigenvalue weighted by Crippen LogP contribution is 2.75. The number of aliphatic hydroxyl groups is 3. The van der Waals surface area contributed by atoms with E-state index in [1.165, 1.54) is 32.1 Å². The van der Waals surface area contributed by atoms with Crippen LogP contribution in [0.15, 0.2) is 11.6 Å². The molecule has 3 heteroatoms. The van der Waals surface area contributed by atoms with Crippen molar-refractivity contribution in [2.24, 2.45) is 50.2 Å². The Kier molecular flexibility index (Phi) is 5.40. The first-order chi connectivity index (χ1) is 15.3. The molecular formula is C30H50O3. The fourth-order valence-corrected chi connectivity index (χ4v) is 10.7. The zero-order valence-electron chi connectivity index (χ0n) is 22.2. The van der Waals surface area contributed by atoms with E-state index in [2.05, 4.69) is 47.6 Å². The molecule has 4 saturated carbocycles. The summed E-state index contributed by atoms with van der Waals surface area (Å²) in [6.07, 6.45) is 13.6. The summed E-state index contributed by atoms with van der Waals surface area (Å²) in [7, 11) is 0. The monoisotopic (exact) mass is 458 g/mol. The summed E-state index contributed by atoms with van der Waals surface area (Å²) < 4.78 is 0. The zero-order valence-corrected chi connectivity index (χ0v) is 22.2. The van der Waals surface area contributed by atoms with Gasteiger partial charge < -0.3 is 15.3 Å². The Morgan fingerprint density at radius 2 is 1.52 bits per heavy atom. The minimum absolute atomic E-state index is 0.0897. The van der Waals surface area contributed by atoms with Crippen LogP contribution in [0.25, 0.3) is 0 Å². The Morgan fingerprint density at radius 3 is 2.18 bits per heavy atom. The average Bonchev–Trinajstić information content (AvgIpc) is 2.77. The number of hydrogen-bond donors (Lipinski definition) is 3. The lowest BCUT2D eigenvalue weighted by molar-refractivity contribution is -0.216. The molecule has 188 valence electrons. The lowest BCUT2D eigenvalue weighted by Crippen LogP contribution is -2.65. The first-order valence-corrected chi connectivity index (χ1v) is 13.9. The SMILES string of the molecule is CC1(C)CC[C@]2(CO)CC[C@]3(C)C(=CC[C@@H]4[C@@]5(C)CC[C@@H](O)[C@@](C)(CO)[C@@H]5CC[C@]43C)[C@@H]2C1. The van der Waals surface area contributed by atoms with Crippen molar-refractivity contribution in [2.75, 3.05) is 13.2 Å². The van der Waals surface area contributed by atoms with E-state index < -0.39 is 0 Å². The van der Waals surface area contributed by atoms with Gasteiger partial charge in [-0.3, -0.25) is 0 Å². The normalized spacial score (nSPS) is 55.5. The highest BCUT2D eigenvalue weighted by atomic mass is 16.3.